The van der Waals surface area contributed by atoms with Crippen molar-refractivity contribution in [3.8, 4) is 0 Å². The highest BCUT2D eigenvalue weighted by Crippen LogP contribution is 2.27. The standard InChI is InChI=1S/C15H20F3N5/c1-9(2)23-11(4)12(10(3)21-23)8-22(5)13-6-7-19-14(20-13)15(16,17)18/h6-7,9H,8H2,1-5H3. The molecule has 0 aliphatic rings. The summed E-state index contributed by atoms with van der Waals surface area (Å²) in [5, 5.41) is 4.49. The number of rotatable bonds is 4. The van der Waals surface area contributed by atoms with E-state index in [1.54, 1.807) is 11.9 Å². The third-order valence-corrected chi connectivity index (χ3v) is 3.64. The maximum absolute atomic E-state index is 12.7. The first-order valence-electron chi connectivity index (χ1n) is 7.27. The number of anilines is 1. The third-order valence-electron chi connectivity index (χ3n) is 3.64. The molecule has 2 heterocycles. The van der Waals surface area contributed by atoms with E-state index in [-0.39, 0.29) is 11.9 Å². The molecule has 5 nitrogen and oxygen atoms in total. The second-order valence-electron chi connectivity index (χ2n) is 5.78. The lowest BCUT2D eigenvalue weighted by Crippen LogP contribution is -2.21. The summed E-state index contributed by atoms with van der Waals surface area (Å²) in [5.41, 5.74) is 2.87. The number of aromatic nitrogens is 4. The van der Waals surface area contributed by atoms with Crippen LogP contribution in [0.5, 0.6) is 0 Å². The van der Waals surface area contributed by atoms with Crippen molar-refractivity contribution < 1.29 is 13.2 Å². The van der Waals surface area contributed by atoms with Gasteiger partial charge < -0.3 is 4.90 Å². The van der Waals surface area contributed by atoms with E-state index in [4.69, 9.17) is 0 Å². The second kappa shape index (κ2) is 6.17. The van der Waals surface area contributed by atoms with Gasteiger partial charge in [0.2, 0.25) is 5.82 Å². The van der Waals surface area contributed by atoms with Crippen LogP contribution in [0.4, 0.5) is 19.0 Å². The van der Waals surface area contributed by atoms with Crippen LogP contribution in [0.25, 0.3) is 0 Å². The summed E-state index contributed by atoms with van der Waals surface area (Å²) in [6.07, 6.45) is -3.43. The lowest BCUT2D eigenvalue weighted by molar-refractivity contribution is -0.144. The van der Waals surface area contributed by atoms with E-state index in [9.17, 15) is 13.2 Å². The smallest absolute Gasteiger partial charge is 0.355 e. The molecule has 2 rings (SSSR count). The fraction of sp³-hybridized carbons (Fsp3) is 0.533. The van der Waals surface area contributed by atoms with E-state index in [1.807, 2.05) is 32.4 Å². The quantitative estimate of drug-likeness (QED) is 0.862. The summed E-state index contributed by atoms with van der Waals surface area (Å²) >= 11 is 0. The van der Waals surface area contributed by atoms with Crippen molar-refractivity contribution in [1.29, 1.82) is 0 Å². The van der Waals surface area contributed by atoms with Crippen molar-refractivity contribution in [3.63, 3.8) is 0 Å². The van der Waals surface area contributed by atoms with Gasteiger partial charge in [-0.05, 0) is 33.8 Å². The summed E-state index contributed by atoms with van der Waals surface area (Å²) in [5.74, 6) is -0.906. The van der Waals surface area contributed by atoms with Gasteiger partial charge in [-0.3, -0.25) is 4.68 Å². The zero-order valence-electron chi connectivity index (χ0n) is 13.8. The van der Waals surface area contributed by atoms with Gasteiger partial charge in [-0.25, -0.2) is 9.97 Å². The Kier molecular flexibility index (Phi) is 4.63. The monoisotopic (exact) mass is 327 g/mol. The van der Waals surface area contributed by atoms with Crippen molar-refractivity contribution in [2.45, 2.75) is 46.5 Å². The molecule has 126 valence electrons. The van der Waals surface area contributed by atoms with Gasteiger partial charge in [0.1, 0.15) is 5.82 Å². The molecular weight excluding hydrogens is 307 g/mol. The van der Waals surface area contributed by atoms with Crippen LogP contribution in [0.2, 0.25) is 0 Å². The molecule has 0 unspecified atom stereocenters. The summed E-state index contributed by atoms with van der Waals surface area (Å²) in [6, 6.07) is 1.69. The molecule has 0 spiro atoms. The molecule has 0 atom stereocenters. The fourth-order valence-electron chi connectivity index (χ4n) is 2.45. The molecule has 0 saturated carbocycles. The molecule has 0 aliphatic carbocycles. The summed E-state index contributed by atoms with van der Waals surface area (Å²) < 4.78 is 40.1. The van der Waals surface area contributed by atoms with Crippen molar-refractivity contribution in [1.82, 2.24) is 19.7 Å². The van der Waals surface area contributed by atoms with Crippen LogP contribution in [-0.4, -0.2) is 26.8 Å². The first-order valence-corrected chi connectivity index (χ1v) is 7.27. The van der Waals surface area contributed by atoms with E-state index in [0.717, 1.165) is 23.1 Å². The van der Waals surface area contributed by atoms with Crippen LogP contribution in [0.15, 0.2) is 12.3 Å². The highest BCUT2D eigenvalue weighted by atomic mass is 19.4. The lowest BCUT2D eigenvalue weighted by Gasteiger charge is -2.19. The third kappa shape index (κ3) is 3.62. The lowest BCUT2D eigenvalue weighted by atomic mass is 10.2. The molecule has 23 heavy (non-hydrogen) atoms. The van der Waals surface area contributed by atoms with Gasteiger partial charge in [0.05, 0.1) is 5.69 Å². The van der Waals surface area contributed by atoms with Gasteiger partial charge in [0, 0.05) is 37.1 Å². The van der Waals surface area contributed by atoms with Gasteiger partial charge in [-0.2, -0.15) is 18.3 Å². The average Bonchev–Trinajstić information content (AvgIpc) is 2.74. The van der Waals surface area contributed by atoms with Crippen LogP contribution in [0.3, 0.4) is 0 Å². The number of aryl methyl sites for hydroxylation is 1. The van der Waals surface area contributed by atoms with Crippen LogP contribution >= 0.6 is 0 Å². The number of halogens is 3. The molecule has 0 radical (unpaired) electrons. The van der Waals surface area contributed by atoms with Crippen LogP contribution < -0.4 is 4.90 Å². The number of hydrogen-bond acceptors (Lipinski definition) is 4. The minimum Gasteiger partial charge on any atom is -0.355 e. The first-order chi connectivity index (χ1) is 10.6. The molecule has 0 aliphatic heterocycles. The second-order valence-corrected chi connectivity index (χ2v) is 5.78. The van der Waals surface area contributed by atoms with Gasteiger partial charge in [-0.15, -0.1) is 0 Å². The van der Waals surface area contributed by atoms with Gasteiger partial charge >= 0.3 is 6.18 Å². The SMILES string of the molecule is Cc1nn(C(C)C)c(C)c1CN(C)c1ccnc(C(F)(F)F)n1. The minimum atomic E-state index is -4.55. The maximum atomic E-state index is 12.7. The molecule has 0 fully saturated rings. The van der Waals surface area contributed by atoms with E-state index in [0.29, 0.717) is 6.54 Å². The zero-order chi connectivity index (χ0) is 17.4. The number of hydrogen-bond donors (Lipinski definition) is 0. The fourth-order valence-corrected chi connectivity index (χ4v) is 2.45. The Morgan fingerprint density at radius 1 is 1.26 bits per heavy atom. The predicted octanol–water partition coefficient (Wildman–Crippen LogP) is 3.53. The Bertz CT molecular complexity index is 691. The van der Waals surface area contributed by atoms with Crippen molar-refractivity contribution in [3.05, 3.63) is 35.0 Å². The molecule has 0 amide bonds. The summed E-state index contributed by atoms with van der Waals surface area (Å²) in [7, 11) is 1.70. The van der Waals surface area contributed by atoms with E-state index in [1.165, 1.54) is 6.07 Å². The molecule has 0 aromatic carbocycles. The summed E-state index contributed by atoms with van der Waals surface area (Å²) in [4.78, 5) is 8.55. The van der Waals surface area contributed by atoms with Crippen molar-refractivity contribution >= 4 is 5.82 Å². The van der Waals surface area contributed by atoms with Gasteiger partial charge in [0.15, 0.2) is 0 Å². The highest BCUT2D eigenvalue weighted by Gasteiger charge is 2.35. The Morgan fingerprint density at radius 2 is 1.91 bits per heavy atom. The van der Waals surface area contributed by atoms with Crippen molar-refractivity contribution in [2.75, 3.05) is 11.9 Å². The molecule has 0 saturated heterocycles. The Hall–Kier alpha value is -2.12. The molecular formula is C15H20F3N5. The molecule has 8 heteroatoms. The van der Waals surface area contributed by atoms with E-state index in [2.05, 4.69) is 15.1 Å². The largest absolute Gasteiger partial charge is 0.451 e. The normalized spacial score (nSPS) is 12.0. The van der Waals surface area contributed by atoms with Gasteiger partial charge in [0.25, 0.3) is 0 Å². The van der Waals surface area contributed by atoms with Crippen LogP contribution in [0, 0.1) is 13.8 Å². The van der Waals surface area contributed by atoms with Gasteiger partial charge in [-0.1, -0.05) is 0 Å². The first kappa shape index (κ1) is 17.2. The predicted molar refractivity (Wildman–Crippen MR) is 81.2 cm³/mol. The number of alkyl halides is 3. The Labute approximate surface area is 133 Å². The highest BCUT2D eigenvalue weighted by molar-refractivity contribution is 5.39. The molecule has 0 bridgehead atoms. The van der Waals surface area contributed by atoms with Crippen LogP contribution in [-0.2, 0) is 12.7 Å². The molecule has 2 aromatic heterocycles. The number of nitrogens with zero attached hydrogens (tertiary/aromatic N) is 5. The zero-order valence-corrected chi connectivity index (χ0v) is 13.8. The summed E-state index contributed by atoms with van der Waals surface area (Å²) in [6.45, 7) is 8.36. The maximum Gasteiger partial charge on any atom is 0.451 e. The average molecular weight is 327 g/mol. The molecule has 2 aromatic rings. The Morgan fingerprint density at radius 3 is 2.43 bits per heavy atom. The van der Waals surface area contributed by atoms with Crippen LogP contribution in [0.1, 0.15) is 42.7 Å². The Balaban J connectivity index is 2.28. The molecule has 0 N–H and O–H groups in total. The minimum absolute atomic E-state index is 0.225. The van der Waals surface area contributed by atoms with E-state index < -0.39 is 12.0 Å². The topological polar surface area (TPSA) is 46.8 Å². The van der Waals surface area contributed by atoms with E-state index >= 15 is 0 Å². The van der Waals surface area contributed by atoms with Crippen molar-refractivity contribution in [2.24, 2.45) is 0 Å².